The number of nitrogens with one attached hydrogen (secondary N) is 2. The molecule has 3 aliphatic heterocycles. The molecule has 2 amide bonds. The van der Waals surface area contributed by atoms with Crippen molar-refractivity contribution in [2.45, 2.75) is 146 Å². The third-order valence-electron chi connectivity index (χ3n) is 9.47. The smallest absolute Gasteiger partial charge is 0.303 e. The fourth-order valence-corrected chi connectivity index (χ4v) is 6.64. The van der Waals surface area contributed by atoms with E-state index in [9.17, 15) is 19.5 Å². The number of nitrogens with two attached hydrogens (primary N) is 1. The first-order valence-corrected chi connectivity index (χ1v) is 16.5. The number of aliphatic hydroxyl groups excluding tert-OH is 1. The van der Waals surface area contributed by atoms with Gasteiger partial charge >= 0.3 is 5.97 Å². The van der Waals surface area contributed by atoms with Gasteiger partial charge in [-0.1, -0.05) is 30.7 Å². The van der Waals surface area contributed by atoms with Crippen LogP contribution in [0.25, 0.3) is 0 Å². The molecule has 0 unspecified atom stereocenters. The molecule has 4 rings (SSSR count). The molecule has 11 nitrogen and oxygen atoms in total. The molecule has 3 heterocycles. The van der Waals surface area contributed by atoms with Gasteiger partial charge in [-0.3, -0.25) is 14.4 Å². The van der Waals surface area contributed by atoms with Gasteiger partial charge in [0.2, 0.25) is 11.8 Å². The number of esters is 1. The predicted octanol–water partition coefficient (Wildman–Crippen LogP) is 2.75. The van der Waals surface area contributed by atoms with Gasteiger partial charge in [-0.2, -0.15) is 0 Å². The lowest BCUT2D eigenvalue weighted by Crippen LogP contribution is -2.51. The maximum absolute atomic E-state index is 12.8. The molecule has 11 heteroatoms. The van der Waals surface area contributed by atoms with Gasteiger partial charge in [0.25, 0.3) is 0 Å². The maximum Gasteiger partial charge on any atom is 0.303 e. The molecule has 0 aromatic carbocycles. The highest BCUT2D eigenvalue weighted by Crippen LogP contribution is 2.43. The van der Waals surface area contributed by atoms with E-state index in [1.54, 1.807) is 13.0 Å². The standard InChI is InChI=1S/C34H53N3O8/c1-20(6-13-29-21(2)16-28(23(4)44-29)37-31(39)15-8-22(3)43-24(5)38)7-14-30-33(41)34(19-42-34)18-27(45-30)17-32(40)36-26-11-9-25(35)10-12-26/h6-8,14-15,21-23,25-30,33,41H,9-13,16-19,35H2,1-5H3,(H,36,40)(H,37,39)/t21-,22-,23+,25?,26?,27+,28+,29-,30+,33+,34+/m0/s1. The van der Waals surface area contributed by atoms with E-state index in [1.807, 2.05) is 26.0 Å². The average molecular weight is 632 g/mol. The van der Waals surface area contributed by atoms with Crippen LogP contribution in [0.5, 0.6) is 0 Å². The first kappa shape index (κ1) is 35.3. The molecule has 9 atom stereocenters. The zero-order valence-electron chi connectivity index (χ0n) is 27.4. The molecule has 252 valence electrons. The first-order chi connectivity index (χ1) is 21.3. The summed E-state index contributed by atoms with van der Waals surface area (Å²) in [5.74, 6) is -0.455. The third-order valence-corrected chi connectivity index (χ3v) is 9.47. The molecule has 4 aliphatic rings. The minimum Gasteiger partial charge on any atom is -0.459 e. The van der Waals surface area contributed by atoms with Crippen molar-refractivity contribution in [2.75, 3.05) is 6.61 Å². The van der Waals surface area contributed by atoms with Crippen LogP contribution in [0.15, 0.2) is 36.0 Å². The molecule has 0 radical (unpaired) electrons. The molecule has 1 spiro atoms. The molecule has 1 saturated carbocycles. The van der Waals surface area contributed by atoms with Crippen molar-refractivity contribution in [3.8, 4) is 0 Å². The normalized spacial score (nSPS) is 37.8. The maximum atomic E-state index is 12.8. The second-order valence-electron chi connectivity index (χ2n) is 13.5. The largest absolute Gasteiger partial charge is 0.459 e. The molecule has 1 aliphatic carbocycles. The van der Waals surface area contributed by atoms with Crippen LogP contribution < -0.4 is 16.4 Å². The topological polar surface area (TPSA) is 162 Å². The summed E-state index contributed by atoms with van der Waals surface area (Å²) in [6.45, 7) is 9.58. The third kappa shape index (κ3) is 10.5. The Morgan fingerprint density at radius 3 is 2.47 bits per heavy atom. The van der Waals surface area contributed by atoms with Crippen molar-refractivity contribution in [3.05, 3.63) is 36.0 Å². The van der Waals surface area contributed by atoms with Crippen LogP contribution >= 0.6 is 0 Å². The molecule has 45 heavy (non-hydrogen) atoms. The summed E-state index contributed by atoms with van der Waals surface area (Å²) >= 11 is 0. The van der Waals surface area contributed by atoms with Gasteiger partial charge in [0, 0.05) is 31.5 Å². The molecular formula is C34H53N3O8. The summed E-state index contributed by atoms with van der Waals surface area (Å²) < 4.78 is 23.2. The second kappa shape index (κ2) is 15.8. The van der Waals surface area contributed by atoms with Gasteiger partial charge in [-0.25, -0.2) is 0 Å². The predicted molar refractivity (Wildman–Crippen MR) is 169 cm³/mol. The van der Waals surface area contributed by atoms with Crippen LogP contribution in [0.2, 0.25) is 0 Å². The minimum absolute atomic E-state index is 0.00141. The summed E-state index contributed by atoms with van der Waals surface area (Å²) in [6.07, 6.45) is 12.4. The summed E-state index contributed by atoms with van der Waals surface area (Å²) in [6, 6.07) is 0.266. The van der Waals surface area contributed by atoms with E-state index in [0.717, 1.165) is 37.7 Å². The zero-order chi connectivity index (χ0) is 32.7. The lowest BCUT2D eigenvalue weighted by Gasteiger charge is -2.39. The zero-order valence-corrected chi connectivity index (χ0v) is 27.4. The molecule has 4 fully saturated rings. The fraction of sp³-hybridized carbons (Fsp3) is 0.735. The van der Waals surface area contributed by atoms with Gasteiger partial charge in [-0.05, 0) is 71.3 Å². The highest BCUT2D eigenvalue weighted by molar-refractivity contribution is 5.87. The number of carbonyl (C=O) groups is 3. The van der Waals surface area contributed by atoms with E-state index in [1.165, 1.54) is 13.0 Å². The van der Waals surface area contributed by atoms with Crippen LogP contribution in [0.3, 0.4) is 0 Å². The molecule has 5 N–H and O–H groups in total. The van der Waals surface area contributed by atoms with E-state index in [-0.39, 0.29) is 60.6 Å². The Hall–Kier alpha value is -2.57. The van der Waals surface area contributed by atoms with Gasteiger partial charge in [-0.15, -0.1) is 0 Å². The second-order valence-corrected chi connectivity index (χ2v) is 13.5. The van der Waals surface area contributed by atoms with Crippen molar-refractivity contribution in [2.24, 2.45) is 11.7 Å². The summed E-state index contributed by atoms with van der Waals surface area (Å²) in [5, 5.41) is 17.1. The molecule has 0 aromatic rings. The molecular weight excluding hydrogens is 578 g/mol. The van der Waals surface area contributed by atoms with Crippen LogP contribution in [0.4, 0.5) is 0 Å². The Balaban J connectivity index is 1.25. The molecule has 3 saturated heterocycles. The number of allylic oxidation sites excluding steroid dienone is 2. The van der Waals surface area contributed by atoms with Crippen molar-refractivity contribution < 1.29 is 38.4 Å². The SMILES string of the molecule is CC(=O)O[C@@H](C)C=CC(=O)N[C@@H]1C[C@H](C)[C@H](CC=C(C)C=C[C@H]2O[C@H](CC(=O)NC3CCC(N)CC3)C[C@@]3(CO3)[C@@H]2O)O[C@@H]1C. The van der Waals surface area contributed by atoms with Crippen molar-refractivity contribution in [1.82, 2.24) is 10.6 Å². The quantitative estimate of drug-likeness (QED) is 0.116. The van der Waals surface area contributed by atoms with Gasteiger partial charge in [0.1, 0.15) is 23.9 Å². The van der Waals surface area contributed by atoms with E-state index in [4.69, 9.17) is 24.7 Å². The van der Waals surface area contributed by atoms with Crippen molar-refractivity contribution >= 4 is 17.8 Å². The summed E-state index contributed by atoms with van der Waals surface area (Å²) in [5.41, 5.74) is 6.36. The monoisotopic (exact) mass is 631 g/mol. The van der Waals surface area contributed by atoms with Crippen LogP contribution in [0.1, 0.15) is 86.0 Å². The number of amides is 2. The van der Waals surface area contributed by atoms with Crippen LogP contribution in [-0.2, 0) is 33.3 Å². The highest BCUT2D eigenvalue weighted by atomic mass is 16.6. The Bertz CT molecular complexity index is 1130. The van der Waals surface area contributed by atoms with Gasteiger partial charge in [0.15, 0.2) is 0 Å². The minimum atomic E-state index is -0.796. The number of ether oxygens (including phenoxy) is 4. The highest BCUT2D eigenvalue weighted by Gasteiger charge is 2.58. The summed E-state index contributed by atoms with van der Waals surface area (Å²) in [7, 11) is 0. The van der Waals surface area contributed by atoms with Crippen molar-refractivity contribution in [3.63, 3.8) is 0 Å². The Kier molecular flexibility index (Phi) is 12.4. The van der Waals surface area contributed by atoms with Crippen molar-refractivity contribution in [1.29, 1.82) is 0 Å². The fourth-order valence-electron chi connectivity index (χ4n) is 6.64. The molecule has 0 bridgehead atoms. The number of hydrogen-bond acceptors (Lipinski definition) is 9. The Labute approximate surface area is 267 Å². The average Bonchev–Trinajstić information content (AvgIpc) is 3.74. The first-order valence-electron chi connectivity index (χ1n) is 16.5. The Morgan fingerprint density at radius 1 is 1.09 bits per heavy atom. The Morgan fingerprint density at radius 2 is 1.80 bits per heavy atom. The van der Waals surface area contributed by atoms with Gasteiger partial charge < -0.3 is 40.4 Å². The van der Waals surface area contributed by atoms with Gasteiger partial charge in [0.05, 0.1) is 37.4 Å². The number of carbonyl (C=O) groups excluding carboxylic acids is 3. The molecule has 0 aromatic heterocycles. The van der Waals surface area contributed by atoms with Crippen LogP contribution in [0, 0.1) is 5.92 Å². The number of hydrogen-bond donors (Lipinski definition) is 4. The number of aliphatic hydroxyl groups is 1. The summed E-state index contributed by atoms with van der Waals surface area (Å²) in [4.78, 5) is 36.3. The lowest BCUT2D eigenvalue weighted by molar-refractivity contribution is -0.146. The van der Waals surface area contributed by atoms with E-state index in [2.05, 4.69) is 23.6 Å². The number of epoxide rings is 1. The lowest BCUT2D eigenvalue weighted by atomic mass is 9.87. The van der Waals surface area contributed by atoms with E-state index < -0.39 is 29.9 Å². The van der Waals surface area contributed by atoms with E-state index >= 15 is 0 Å². The van der Waals surface area contributed by atoms with E-state index in [0.29, 0.717) is 19.4 Å². The van der Waals surface area contributed by atoms with Crippen LogP contribution in [-0.4, -0.2) is 89.8 Å². The number of rotatable bonds is 11.